The zero-order chi connectivity index (χ0) is 8.20. The number of nitrogens with one attached hydrogen (secondary N) is 2. The van der Waals surface area contributed by atoms with Crippen LogP contribution in [-0.4, -0.2) is 19.6 Å². The quantitative estimate of drug-likeness (QED) is 0.538. The maximum absolute atomic E-state index is 3.97. The molecule has 0 amide bonds. The monoisotopic (exact) mass is 162 g/mol. The molecule has 2 N–H and O–H groups in total. The van der Waals surface area contributed by atoms with Crippen LogP contribution in [-0.2, 0) is 0 Å². The zero-order valence-corrected chi connectivity index (χ0v) is 8.13. The molecule has 62 valence electrons. The summed E-state index contributed by atoms with van der Waals surface area (Å²) in [6.07, 6.45) is 0. The van der Waals surface area contributed by atoms with Crippen LogP contribution < -0.4 is 10.0 Å². The van der Waals surface area contributed by atoms with E-state index in [4.69, 9.17) is 0 Å². The standard InChI is InChI=1S/C7H18N2S/c1-6(8-4)7(2,3)5-9-10/h6,8-10H,5H2,1-4H3. The first-order valence-corrected chi connectivity index (χ1v) is 4.03. The minimum Gasteiger partial charge on any atom is -0.317 e. The van der Waals surface area contributed by atoms with Gasteiger partial charge in [0, 0.05) is 12.6 Å². The van der Waals surface area contributed by atoms with Gasteiger partial charge < -0.3 is 5.32 Å². The Labute approximate surface area is 69.3 Å². The first kappa shape index (κ1) is 10.3. The highest BCUT2D eigenvalue weighted by atomic mass is 32.1. The smallest absolute Gasteiger partial charge is 0.0122 e. The zero-order valence-electron chi connectivity index (χ0n) is 7.23. The molecule has 1 unspecified atom stereocenters. The van der Waals surface area contributed by atoms with Crippen LogP contribution >= 0.6 is 12.8 Å². The first-order valence-electron chi connectivity index (χ1n) is 3.59. The second-order valence-electron chi connectivity index (χ2n) is 3.33. The summed E-state index contributed by atoms with van der Waals surface area (Å²) in [4.78, 5) is 0. The molecule has 2 nitrogen and oxygen atoms in total. The minimum absolute atomic E-state index is 0.260. The summed E-state index contributed by atoms with van der Waals surface area (Å²) < 4.78 is 2.88. The number of hydrogen-bond acceptors (Lipinski definition) is 3. The second kappa shape index (κ2) is 4.21. The third-order valence-corrected chi connectivity index (χ3v) is 2.30. The molecule has 0 bridgehead atoms. The van der Waals surface area contributed by atoms with E-state index < -0.39 is 0 Å². The van der Waals surface area contributed by atoms with Crippen LogP contribution in [0.3, 0.4) is 0 Å². The lowest BCUT2D eigenvalue weighted by Crippen LogP contribution is -2.42. The molecule has 1 atom stereocenters. The van der Waals surface area contributed by atoms with Crippen LogP contribution in [0.4, 0.5) is 0 Å². The average Bonchev–Trinajstić information content (AvgIpc) is 1.86. The van der Waals surface area contributed by atoms with E-state index in [1.165, 1.54) is 0 Å². The van der Waals surface area contributed by atoms with Crippen LogP contribution in [0.25, 0.3) is 0 Å². The summed E-state index contributed by atoms with van der Waals surface area (Å²) in [6.45, 7) is 7.50. The van der Waals surface area contributed by atoms with Gasteiger partial charge in [-0.15, -0.1) is 0 Å². The molecule has 0 aromatic carbocycles. The molecule has 0 spiro atoms. The maximum Gasteiger partial charge on any atom is 0.0122 e. The van der Waals surface area contributed by atoms with E-state index in [9.17, 15) is 0 Å². The normalized spacial score (nSPS) is 15.3. The molecule has 0 fully saturated rings. The third kappa shape index (κ3) is 2.90. The van der Waals surface area contributed by atoms with Gasteiger partial charge in [-0.1, -0.05) is 26.7 Å². The first-order chi connectivity index (χ1) is 4.54. The largest absolute Gasteiger partial charge is 0.317 e. The Morgan fingerprint density at radius 1 is 1.50 bits per heavy atom. The van der Waals surface area contributed by atoms with E-state index >= 15 is 0 Å². The fourth-order valence-corrected chi connectivity index (χ4v) is 1.16. The fraction of sp³-hybridized carbons (Fsp3) is 1.00. The summed E-state index contributed by atoms with van der Waals surface area (Å²) in [6, 6.07) is 0.507. The topological polar surface area (TPSA) is 24.1 Å². The molecule has 0 aliphatic carbocycles. The Hall–Kier alpha value is 0.270. The Bertz CT molecular complexity index is 93.6. The van der Waals surface area contributed by atoms with Crippen molar-refractivity contribution in [2.24, 2.45) is 5.41 Å². The number of hydrogen-bond donors (Lipinski definition) is 3. The molecular formula is C7H18N2S. The molecule has 0 aliphatic rings. The van der Waals surface area contributed by atoms with Crippen LogP contribution in [0.2, 0.25) is 0 Å². The van der Waals surface area contributed by atoms with Crippen molar-refractivity contribution in [3.05, 3.63) is 0 Å². The summed E-state index contributed by atoms with van der Waals surface area (Å²) >= 11 is 3.97. The minimum atomic E-state index is 0.260. The van der Waals surface area contributed by atoms with Gasteiger partial charge in [0.25, 0.3) is 0 Å². The molecule has 0 aromatic heterocycles. The molecule has 0 radical (unpaired) electrons. The Kier molecular flexibility index (Phi) is 4.32. The SMILES string of the molecule is CNC(C)C(C)(C)CNS. The van der Waals surface area contributed by atoms with E-state index in [1.807, 2.05) is 7.05 Å². The van der Waals surface area contributed by atoms with Crippen LogP contribution in [0.15, 0.2) is 0 Å². The summed E-state index contributed by atoms with van der Waals surface area (Å²) in [7, 11) is 1.98. The van der Waals surface area contributed by atoms with Crippen molar-refractivity contribution in [2.75, 3.05) is 13.6 Å². The van der Waals surface area contributed by atoms with Gasteiger partial charge in [0.1, 0.15) is 0 Å². The fourth-order valence-electron chi connectivity index (χ4n) is 0.748. The summed E-state index contributed by atoms with van der Waals surface area (Å²) in [5, 5.41) is 3.22. The van der Waals surface area contributed by atoms with Crippen molar-refractivity contribution < 1.29 is 0 Å². The molecule has 0 saturated carbocycles. The van der Waals surface area contributed by atoms with Gasteiger partial charge in [0.2, 0.25) is 0 Å². The molecule has 0 saturated heterocycles. The van der Waals surface area contributed by atoms with Crippen molar-refractivity contribution in [3.8, 4) is 0 Å². The Morgan fingerprint density at radius 3 is 2.30 bits per heavy atom. The summed E-state index contributed by atoms with van der Waals surface area (Å²) in [5.74, 6) is 0. The van der Waals surface area contributed by atoms with Gasteiger partial charge in [-0.05, 0) is 19.4 Å². The Balaban J connectivity index is 3.82. The van der Waals surface area contributed by atoms with Crippen molar-refractivity contribution >= 4 is 12.8 Å². The molecule has 0 heterocycles. The molecule has 0 rings (SSSR count). The predicted molar refractivity (Wildman–Crippen MR) is 49.3 cm³/mol. The Morgan fingerprint density at radius 2 is 2.00 bits per heavy atom. The van der Waals surface area contributed by atoms with Crippen molar-refractivity contribution in [3.63, 3.8) is 0 Å². The van der Waals surface area contributed by atoms with Gasteiger partial charge in [-0.25, -0.2) is 0 Å². The van der Waals surface area contributed by atoms with Crippen LogP contribution in [0.5, 0.6) is 0 Å². The highest BCUT2D eigenvalue weighted by Crippen LogP contribution is 2.18. The average molecular weight is 162 g/mol. The van der Waals surface area contributed by atoms with E-state index in [0.717, 1.165) is 6.54 Å². The maximum atomic E-state index is 3.97. The highest BCUT2D eigenvalue weighted by Gasteiger charge is 2.23. The highest BCUT2D eigenvalue weighted by molar-refractivity contribution is 7.78. The van der Waals surface area contributed by atoms with E-state index in [-0.39, 0.29) is 5.41 Å². The van der Waals surface area contributed by atoms with Crippen LogP contribution in [0.1, 0.15) is 20.8 Å². The van der Waals surface area contributed by atoms with Gasteiger partial charge in [-0.2, -0.15) is 0 Å². The molecule has 3 heteroatoms. The summed E-state index contributed by atoms with van der Waals surface area (Å²) in [5.41, 5.74) is 0.260. The van der Waals surface area contributed by atoms with E-state index in [0.29, 0.717) is 6.04 Å². The lowest BCUT2D eigenvalue weighted by atomic mass is 9.86. The van der Waals surface area contributed by atoms with E-state index in [2.05, 4.69) is 43.6 Å². The second-order valence-corrected chi connectivity index (χ2v) is 3.65. The van der Waals surface area contributed by atoms with Gasteiger partial charge in [0.05, 0.1) is 0 Å². The van der Waals surface area contributed by atoms with E-state index in [1.54, 1.807) is 0 Å². The molecule has 0 aliphatic heterocycles. The predicted octanol–water partition coefficient (Wildman–Crippen LogP) is 1.05. The lowest BCUT2D eigenvalue weighted by molar-refractivity contribution is 0.272. The van der Waals surface area contributed by atoms with Crippen LogP contribution in [0, 0.1) is 5.41 Å². The van der Waals surface area contributed by atoms with Crippen molar-refractivity contribution in [1.29, 1.82) is 0 Å². The molecule has 0 aromatic rings. The third-order valence-electron chi connectivity index (χ3n) is 2.14. The molecule has 10 heavy (non-hydrogen) atoms. The number of thiol groups is 1. The van der Waals surface area contributed by atoms with Crippen molar-refractivity contribution in [2.45, 2.75) is 26.8 Å². The molecular weight excluding hydrogens is 144 g/mol. The number of rotatable bonds is 4. The van der Waals surface area contributed by atoms with Gasteiger partial charge in [0.15, 0.2) is 0 Å². The van der Waals surface area contributed by atoms with Gasteiger partial charge in [-0.3, -0.25) is 4.72 Å². The van der Waals surface area contributed by atoms with Crippen molar-refractivity contribution in [1.82, 2.24) is 10.0 Å². The lowest BCUT2D eigenvalue weighted by Gasteiger charge is -2.30. The van der Waals surface area contributed by atoms with Gasteiger partial charge >= 0.3 is 0 Å².